The number of aryl methyl sites for hydroxylation is 1. The third kappa shape index (κ3) is 2.99. The van der Waals surface area contributed by atoms with Crippen molar-refractivity contribution in [2.45, 2.75) is 26.7 Å². The molecule has 0 amide bonds. The van der Waals surface area contributed by atoms with Gasteiger partial charge >= 0.3 is 0 Å². The van der Waals surface area contributed by atoms with Gasteiger partial charge in [-0.25, -0.2) is 4.68 Å². The zero-order chi connectivity index (χ0) is 13.8. The third-order valence-corrected chi connectivity index (χ3v) is 3.69. The summed E-state index contributed by atoms with van der Waals surface area (Å²) in [7, 11) is 1.98. The SMILES string of the molecule is CNCCCc1c(C)nn(-c2ccccc2Cl)c1C. The van der Waals surface area contributed by atoms with E-state index in [4.69, 9.17) is 11.6 Å². The molecule has 102 valence electrons. The highest BCUT2D eigenvalue weighted by Gasteiger charge is 2.13. The standard InChI is InChI=1S/C15H20ClN3/c1-11-13(7-6-10-17-3)12(2)19(18-11)15-9-5-4-8-14(15)16/h4-5,8-9,17H,6-7,10H2,1-3H3. The van der Waals surface area contributed by atoms with E-state index in [9.17, 15) is 0 Å². The van der Waals surface area contributed by atoms with Crippen LogP contribution in [0.2, 0.25) is 5.02 Å². The van der Waals surface area contributed by atoms with Gasteiger partial charge in [0, 0.05) is 5.69 Å². The molecule has 1 N–H and O–H groups in total. The van der Waals surface area contributed by atoms with E-state index in [1.165, 1.54) is 11.3 Å². The highest BCUT2D eigenvalue weighted by atomic mass is 35.5. The Morgan fingerprint density at radius 1 is 1.26 bits per heavy atom. The number of aromatic nitrogens is 2. The summed E-state index contributed by atoms with van der Waals surface area (Å²) < 4.78 is 1.95. The van der Waals surface area contributed by atoms with Gasteiger partial charge in [-0.05, 0) is 58.0 Å². The first-order valence-electron chi connectivity index (χ1n) is 6.59. The summed E-state index contributed by atoms with van der Waals surface area (Å²) >= 11 is 6.25. The maximum absolute atomic E-state index is 6.25. The van der Waals surface area contributed by atoms with Crippen molar-refractivity contribution in [3.8, 4) is 5.69 Å². The number of hydrogen-bond donors (Lipinski definition) is 1. The Morgan fingerprint density at radius 3 is 2.68 bits per heavy atom. The van der Waals surface area contributed by atoms with E-state index < -0.39 is 0 Å². The summed E-state index contributed by atoms with van der Waals surface area (Å²) in [6.07, 6.45) is 2.16. The van der Waals surface area contributed by atoms with Gasteiger partial charge in [0.05, 0.1) is 16.4 Å². The molecule has 0 aliphatic rings. The molecule has 0 bridgehead atoms. The lowest BCUT2D eigenvalue weighted by Gasteiger charge is -2.07. The average Bonchev–Trinajstić information content (AvgIpc) is 2.67. The van der Waals surface area contributed by atoms with Crippen molar-refractivity contribution < 1.29 is 0 Å². The van der Waals surface area contributed by atoms with E-state index in [2.05, 4.69) is 24.3 Å². The van der Waals surface area contributed by atoms with E-state index in [1.54, 1.807) is 0 Å². The van der Waals surface area contributed by atoms with Gasteiger partial charge in [-0.15, -0.1) is 0 Å². The molecule has 2 aromatic rings. The van der Waals surface area contributed by atoms with Crippen molar-refractivity contribution in [2.24, 2.45) is 0 Å². The fourth-order valence-electron chi connectivity index (χ4n) is 2.34. The van der Waals surface area contributed by atoms with Crippen LogP contribution in [-0.4, -0.2) is 23.4 Å². The lowest BCUT2D eigenvalue weighted by molar-refractivity contribution is 0.720. The molecular formula is C15H20ClN3. The Labute approximate surface area is 119 Å². The third-order valence-electron chi connectivity index (χ3n) is 3.38. The highest BCUT2D eigenvalue weighted by molar-refractivity contribution is 6.32. The number of para-hydroxylation sites is 1. The van der Waals surface area contributed by atoms with E-state index in [0.29, 0.717) is 0 Å². The van der Waals surface area contributed by atoms with Gasteiger partial charge in [0.2, 0.25) is 0 Å². The summed E-state index contributed by atoms with van der Waals surface area (Å²) in [6.45, 7) is 5.20. The predicted molar refractivity (Wildman–Crippen MR) is 80.3 cm³/mol. The Morgan fingerprint density at radius 2 is 2.00 bits per heavy atom. The molecule has 3 nitrogen and oxygen atoms in total. The fourth-order valence-corrected chi connectivity index (χ4v) is 2.55. The van der Waals surface area contributed by atoms with Crippen LogP contribution in [0.1, 0.15) is 23.4 Å². The zero-order valence-corrected chi connectivity index (χ0v) is 12.5. The van der Waals surface area contributed by atoms with Gasteiger partial charge in [0.1, 0.15) is 0 Å². The predicted octanol–water partition coefficient (Wildman–Crippen LogP) is 3.29. The maximum atomic E-state index is 6.25. The van der Waals surface area contributed by atoms with Crippen LogP contribution in [0.4, 0.5) is 0 Å². The molecule has 0 unspecified atom stereocenters. The summed E-state index contributed by atoms with van der Waals surface area (Å²) in [5, 5.41) is 8.54. The minimum atomic E-state index is 0.731. The van der Waals surface area contributed by atoms with Crippen molar-refractivity contribution in [1.82, 2.24) is 15.1 Å². The molecule has 19 heavy (non-hydrogen) atoms. The molecule has 1 aromatic heterocycles. The zero-order valence-electron chi connectivity index (χ0n) is 11.7. The molecule has 0 aliphatic carbocycles. The number of benzene rings is 1. The number of halogens is 1. The Kier molecular flexibility index (Phi) is 4.61. The first-order chi connectivity index (χ1) is 9.15. The van der Waals surface area contributed by atoms with Crippen LogP contribution in [0.15, 0.2) is 24.3 Å². The van der Waals surface area contributed by atoms with Crippen LogP contribution in [0, 0.1) is 13.8 Å². The molecule has 0 fully saturated rings. The molecular weight excluding hydrogens is 258 g/mol. The first kappa shape index (κ1) is 14.1. The Hall–Kier alpha value is -1.32. The van der Waals surface area contributed by atoms with Crippen molar-refractivity contribution in [1.29, 1.82) is 0 Å². The molecule has 0 spiro atoms. The normalized spacial score (nSPS) is 10.9. The topological polar surface area (TPSA) is 29.9 Å². The Bertz CT molecular complexity index is 561. The van der Waals surface area contributed by atoms with Crippen molar-refractivity contribution in [2.75, 3.05) is 13.6 Å². The monoisotopic (exact) mass is 277 g/mol. The Balaban J connectivity index is 2.33. The lowest BCUT2D eigenvalue weighted by Crippen LogP contribution is -2.09. The van der Waals surface area contributed by atoms with E-state index in [-0.39, 0.29) is 0 Å². The molecule has 4 heteroatoms. The van der Waals surface area contributed by atoms with E-state index in [0.717, 1.165) is 35.8 Å². The summed E-state index contributed by atoms with van der Waals surface area (Å²) in [6, 6.07) is 7.82. The molecule has 1 heterocycles. The van der Waals surface area contributed by atoms with Crippen LogP contribution in [0.5, 0.6) is 0 Å². The fraction of sp³-hybridized carbons (Fsp3) is 0.400. The second kappa shape index (κ2) is 6.22. The van der Waals surface area contributed by atoms with E-state index >= 15 is 0 Å². The van der Waals surface area contributed by atoms with Crippen LogP contribution >= 0.6 is 11.6 Å². The number of hydrogen-bond acceptors (Lipinski definition) is 2. The molecule has 2 rings (SSSR count). The van der Waals surface area contributed by atoms with Crippen molar-refractivity contribution in [3.63, 3.8) is 0 Å². The lowest BCUT2D eigenvalue weighted by atomic mass is 10.1. The van der Waals surface area contributed by atoms with Crippen LogP contribution in [0.3, 0.4) is 0 Å². The minimum absolute atomic E-state index is 0.731. The van der Waals surface area contributed by atoms with Gasteiger partial charge in [-0.3, -0.25) is 0 Å². The molecule has 0 atom stereocenters. The van der Waals surface area contributed by atoms with Gasteiger partial charge < -0.3 is 5.32 Å². The largest absolute Gasteiger partial charge is 0.320 e. The van der Waals surface area contributed by atoms with Crippen LogP contribution < -0.4 is 5.32 Å². The summed E-state index contributed by atoms with van der Waals surface area (Å²) in [4.78, 5) is 0. The molecule has 0 saturated carbocycles. The molecule has 0 radical (unpaired) electrons. The van der Waals surface area contributed by atoms with Crippen LogP contribution in [-0.2, 0) is 6.42 Å². The van der Waals surface area contributed by atoms with Gasteiger partial charge in [-0.1, -0.05) is 23.7 Å². The number of nitrogens with one attached hydrogen (secondary N) is 1. The molecule has 0 aliphatic heterocycles. The maximum Gasteiger partial charge on any atom is 0.0835 e. The number of rotatable bonds is 5. The second-order valence-electron chi connectivity index (χ2n) is 4.72. The van der Waals surface area contributed by atoms with Crippen LogP contribution in [0.25, 0.3) is 5.69 Å². The average molecular weight is 278 g/mol. The quantitative estimate of drug-likeness (QED) is 0.850. The number of nitrogens with zero attached hydrogens (tertiary/aromatic N) is 2. The summed E-state index contributed by atoms with van der Waals surface area (Å²) in [5.41, 5.74) is 4.55. The smallest absolute Gasteiger partial charge is 0.0835 e. The molecule has 0 saturated heterocycles. The molecule has 1 aromatic carbocycles. The van der Waals surface area contributed by atoms with Crippen molar-refractivity contribution in [3.05, 3.63) is 46.2 Å². The highest BCUT2D eigenvalue weighted by Crippen LogP contribution is 2.24. The van der Waals surface area contributed by atoms with Gasteiger partial charge in [-0.2, -0.15) is 5.10 Å². The van der Waals surface area contributed by atoms with Crippen molar-refractivity contribution >= 4 is 11.6 Å². The summed E-state index contributed by atoms with van der Waals surface area (Å²) in [5.74, 6) is 0. The van der Waals surface area contributed by atoms with Gasteiger partial charge in [0.25, 0.3) is 0 Å². The minimum Gasteiger partial charge on any atom is -0.320 e. The van der Waals surface area contributed by atoms with E-state index in [1.807, 2.05) is 36.0 Å². The first-order valence-corrected chi connectivity index (χ1v) is 6.97. The van der Waals surface area contributed by atoms with Gasteiger partial charge in [0.15, 0.2) is 0 Å². The second-order valence-corrected chi connectivity index (χ2v) is 5.13.